The molecule has 3 aromatic carbocycles. The van der Waals surface area contributed by atoms with E-state index >= 15 is 0 Å². The Morgan fingerprint density at radius 3 is 2.17 bits per heavy atom. The third-order valence-electron chi connectivity index (χ3n) is 6.69. The molecule has 226 valence electrons. The van der Waals surface area contributed by atoms with Crippen LogP contribution >= 0.6 is 0 Å². The van der Waals surface area contributed by atoms with E-state index in [2.05, 4.69) is 11.6 Å². The summed E-state index contributed by atoms with van der Waals surface area (Å²) in [4.78, 5) is 23.3. The Morgan fingerprint density at radius 1 is 0.929 bits per heavy atom. The fraction of sp³-hybridized carbons (Fsp3) is 0.333. The number of benzene rings is 3. The highest BCUT2D eigenvalue weighted by molar-refractivity contribution is 7.92. The second-order valence-electron chi connectivity index (χ2n) is 9.84. The second-order valence-corrected chi connectivity index (χ2v) is 11.5. The molecule has 1 aliphatic rings. The lowest BCUT2D eigenvalue weighted by atomic mass is 9.92. The summed E-state index contributed by atoms with van der Waals surface area (Å²) in [5.74, 6) is -3.85. The number of carboxylic acids is 2. The minimum atomic E-state index is -5.08. The molecule has 3 N–H and O–H groups in total. The van der Waals surface area contributed by atoms with Crippen LogP contribution in [0.4, 0.5) is 24.5 Å². The lowest BCUT2D eigenvalue weighted by Gasteiger charge is -2.27. The van der Waals surface area contributed by atoms with Gasteiger partial charge in [0.2, 0.25) is 0 Å². The third-order valence-corrected chi connectivity index (χ3v) is 8.07. The molecule has 0 spiro atoms. The van der Waals surface area contributed by atoms with Gasteiger partial charge in [0.15, 0.2) is 0 Å². The van der Waals surface area contributed by atoms with Gasteiger partial charge in [0, 0.05) is 18.8 Å². The average molecular weight is 607 g/mol. The van der Waals surface area contributed by atoms with Crippen molar-refractivity contribution in [3.05, 3.63) is 89.0 Å². The fourth-order valence-electron chi connectivity index (χ4n) is 4.58. The number of halogens is 3. The largest absolute Gasteiger partial charge is 0.490 e. The predicted molar refractivity (Wildman–Crippen MR) is 153 cm³/mol. The molecule has 0 fully saturated rings. The van der Waals surface area contributed by atoms with Crippen LogP contribution in [-0.4, -0.2) is 43.3 Å². The number of aliphatic carboxylic acids is 1. The van der Waals surface area contributed by atoms with E-state index in [1.807, 2.05) is 41.3 Å². The van der Waals surface area contributed by atoms with E-state index in [9.17, 15) is 31.5 Å². The quantitative estimate of drug-likeness (QED) is 0.241. The maximum atomic E-state index is 13.1. The standard InChI is InChI=1S/C28H32N2O4S.C2HF3O2/c1-2-3-17-30(20-21-9-5-4-6-10-21)27-16-14-24(19-26(27)28(31)32)29-35(33,34)25-15-13-22-11-7-8-12-23(22)18-25;3-2(4,5)1(6)7/h4-6,9-10,13-16,18-19,29H,2-3,7-8,11-12,17,20H2,1H3,(H,31,32);(H,6,7). The summed E-state index contributed by atoms with van der Waals surface area (Å²) in [6, 6.07) is 19.9. The first-order valence-corrected chi connectivity index (χ1v) is 14.9. The van der Waals surface area contributed by atoms with Crippen LogP contribution in [0.15, 0.2) is 71.6 Å². The molecule has 3 aromatic rings. The Labute approximate surface area is 242 Å². The Bertz CT molecular complexity index is 1490. The molecule has 0 unspecified atom stereocenters. The summed E-state index contributed by atoms with van der Waals surface area (Å²) in [5, 5.41) is 17.1. The molecule has 8 nitrogen and oxygen atoms in total. The van der Waals surface area contributed by atoms with Gasteiger partial charge in [0.1, 0.15) is 0 Å². The van der Waals surface area contributed by atoms with Gasteiger partial charge in [0.05, 0.1) is 16.1 Å². The number of nitrogens with zero attached hydrogens (tertiary/aromatic N) is 1. The van der Waals surface area contributed by atoms with Crippen LogP contribution in [0.25, 0.3) is 0 Å². The van der Waals surface area contributed by atoms with Gasteiger partial charge in [-0.05, 0) is 79.1 Å². The van der Waals surface area contributed by atoms with E-state index in [1.165, 1.54) is 11.6 Å². The number of fused-ring (bicyclic) bond motifs is 1. The van der Waals surface area contributed by atoms with Crippen molar-refractivity contribution in [1.82, 2.24) is 0 Å². The van der Waals surface area contributed by atoms with Crippen LogP contribution in [0, 0.1) is 0 Å². The molecule has 0 atom stereocenters. The molecular formula is C30H33F3N2O6S. The van der Waals surface area contributed by atoms with Gasteiger partial charge in [-0.15, -0.1) is 0 Å². The van der Waals surface area contributed by atoms with Gasteiger partial charge in [0.25, 0.3) is 10.0 Å². The van der Waals surface area contributed by atoms with Gasteiger partial charge in [-0.3, -0.25) is 4.72 Å². The number of rotatable bonds is 10. The van der Waals surface area contributed by atoms with Crippen molar-refractivity contribution in [3.8, 4) is 0 Å². The molecule has 0 bridgehead atoms. The minimum Gasteiger partial charge on any atom is -0.478 e. The number of carboxylic acid groups (broad SMARTS) is 2. The Balaban J connectivity index is 0.000000616. The number of sulfonamides is 1. The van der Waals surface area contributed by atoms with Crippen molar-refractivity contribution in [1.29, 1.82) is 0 Å². The highest BCUT2D eigenvalue weighted by Crippen LogP contribution is 2.29. The predicted octanol–water partition coefficient (Wildman–Crippen LogP) is 6.50. The molecular weight excluding hydrogens is 573 g/mol. The van der Waals surface area contributed by atoms with Crippen molar-refractivity contribution < 1.29 is 41.4 Å². The zero-order chi connectivity index (χ0) is 30.9. The van der Waals surface area contributed by atoms with Gasteiger partial charge in [-0.1, -0.05) is 49.7 Å². The van der Waals surface area contributed by atoms with Gasteiger partial charge < -0.3 is 15.1 Å². The fourth-order valence-corrected chi connectivity index (χ4v) is 5.67. The van der Waals surface area contributed by atoms with Crippen molar-refractivity contribution in [2.45, 2.75) is 63.1 Å². The minimum absolute atomic E-state index is 0.0719. The van der Waals surface area contributed by atoms with Crippen molar-refractivity contribution in [3.63, 3.8) is 0 Å². The van der Waals surface area contributed by atoms with E-state index < -0.39 is 28.1 Å². The summed E-state index contributed by atoms with van der Waals surface area (Å²) < 4.78 is 60.5. The first-order chi connectivity index (χ1) is 19.8. The Hall–Kier alpha value is -4.06. The Morgan fingerprint density at radius 2 is 1.57 bits per heavy atom. The number of carbonyl (C=O) groups is 2. The highest BCUT2D eigenvalue weighted by Gasteiger charge is 2.38. The molecule has 12 heteroatoms. The lowest BCUT2D eigenvalue weighted by Crippen LogP contribution is -2.26. The van der Waals surface area contributed by atoms with E-state index in [4.69, 9.17) is 9.90 Å². The van der Waals surface area contributed by atoms with Crippen LogP contribution in [0.2, 0.25) is 0 Å². The van der Waals surface area contributed by atoms with Crippen molar-refractivity contribution in [2.75, 3.05) is 16.2 Å². The van der Waals surface area contributed by atoms with Crippen LogP contribution in [0.3, 0.4) is 0 Å². The average Bonchev–Trinajstić information content (AvgIpc) is 2.95. The molecule has 0 saturated heterocycles. The lowest BCUT2D eigenvalue weighted by molar-refractivity contribution is -0.192. The zero-order valence-electron chi connectivity index (χ0n) is 23.0. The molecule has 0 aromatic heterocycles. The number of hydrogen-bond acceptors (Lipinski definition) is 5. The van der Waals surface area contributed by atoms with E-state index in [0.717, 1.165) is 49.7 Å². The topological polar surface area (TPSA) is 124 Å². The van der Waals surface area contributed by atoms with Gasteiger partial charge >= 0.3 is 18.1 Å². The van der Waals surface area contributed by atoms with Gasteiger partial charge in [-0.25, -0.2) is 18.0 Å². The second kappa shape index (κ2) is 14.2. The summed E-state index contributed by atoms with van der Waals surface area (Å²) in [7, 11) is -3.84. The number of hydrogen-bond donors (Lipinski definition) is 3. The smallest absolute Gasteiger partial charge is 0.478 e. The molecule has 1 aliphatic carbocycles. The number of alkyl halides is 3. The number of aromatic carboxylic acids is 1. The monoisotopic (exact) mass is 606 g/mol. The number of aryl methyl sites for hydroxylation is 2. The van der Waals surface area contributed by atoms with E-state index in [1.54, 1.807) is 24.3 Å². The van der Waals surface area contributed by atoms with Crippen molar-refractivity contribution in [2.24, 2.45) is 0 Å². The molecule has 0 aliphatic heterocycles. The number of anilines is 2. The number of nitrogens with one attached hydrogen (secondary N) is 1. The first-order valence-electron chi connectivity index (χ1n) is 13.4. The summed E-state index contributed by atoms with van der Waals surface area (Å²) >= 11 is 0. The SMILES string of the molecule is CCCCN(Cc1ccccc1)c1ccc(NS(=O)(=O)c2ccc3c(c2)CCCC3)cc1C(=O)O.O=C(O)C(F)(F)F. The molecule has 0 saturated carbocycles. The maximum Gasteiger partial charge on any atom is 0.490 e. The summed E-state index contributed by atoms with van der Waals surface area (Å²) in [6.45, 7) is 3.37. The van der Waals surface area contributed by atoms with Crippen LogP contribution in [0.1, 0.15) is 59.7 Å². The Kier molecular flexibility index (Phi) is 11.0. The maximum absolute atomic E-state index is 13.1. The molecule has 42 heavy (non-hydrogen) atoms. The summed E-state index contributed by atoms with van der Waals surface area (Å²) in [5.41, 5.74) is 4.25. The van der Waals surface area contributed by atoms with Crippen LogP contribution in [-0.2, 0) is 34.2 Å². The normalized spacial score (nSPS) is 12.9. The van der Waals surface area contributed by atoms with Crippen LogP contribution < -0.4 is 9.62 Å². The zero-order valence-corrected chi connectivity index (χ0v) is 23.8. The first kappa shape index (κ1) is 32.5. The highest BCUT2D eigenvalue weighted by atomic mass is 32.2. The summed E-state index contributed by atoms with van der Waals surface area (Å²) in [6.07, 6.45) is 0.854. The van der Waals surface area contributed by atoms with E-state index in [0.29, 0.717) is 18.8 Å². The molecule has 0 radical (unpaired) electrons. The van der Waals surface area contributed by atoms with Crippen molar-refractivity contribution >= 4 is 33.3 Å². The molecule has 0 amide bonds. The third kappa shape index (κ3) is 8.97. The molecule has 0 heterocycles. The molecule has 4 rings (SSSR count). The van der Waals surface area contributed by atoms with Crippen LogP contribution in [0.5, 0.6) is 0 Å². The van der Waals surface area contributed by atoms with E-state index in [-0.39, 0.29) is 16.1 Å². The van der Waals surface area contributed by atoms with Gasteiger partial charge in [-0.2, -0.15) is 13.2 Å². The number of unbranched alkanes of at least 4 members (excludes halogenated alkanes) is 1.